The lowest BCUT2D eigenvalue weighted by molar-refractivity contribution is -0.122. The van der Waals surface area contributed by atoms with Crippen molar-refractivity contribution in [1.82, 2.24) is 10.6 Å². The highest BCUT2D eigenvalue weighted by Gasteiger charge is 2.19. The summed E-state index contributed by atoms with van der Waals surface area (Å²) in [5, 5.41) is 6.59. The molecule has 0 spiro atoms. The second-order valence-electron chi connectivity index (χ2n) is 7.59. The molecule has 0 saturated carbocycles. The van der Waals surface area contributed by atoms with Gasteiger partial charge in [0.2, 0.25) is 5.91 Å². The monoisotopic (exact) mass is 338 g/mol. The lowest BCUT2D eigenvalue weighted by atomic mass is 9.86. The van der Waals surface area contributed by atoms with Gasteiger partial charge in [0.1, 0.15) is 0 Å². The summed E-state index contributed by atoms with van der Waals surface area (Å²) in [7, 11) is 0. The molecule has 0 radical (unpaired) electrons. The van der Waals surface area contributed by atoms with Crippen LogP contribution in [-0.2, 0) is 16.6 Å². The Morgan fingerprint density at radius 1 is 1.26 bits per heavy atom. The molecule has 4 heteroatoms. The van der Waals surface area contributed by atoms with E-state index in [4.69, 9.17) is 0 Å². The third-order valence-corrected chi connectivity index (χ3v) is 4.45. The van der Waals surface area contributed by atoms with Crippen LogP contribution in [0.1, 0.15) is 58.1 Å². The average molecular weight is 339 g/mol. The van der Waals surface area contributed by atoms with Crippen LogP contribution in [0.3, 0.4) is 0 Å². The maximum atomic E-state index is 12.1. The highest BCUT2D eigenvalue weighted by Crippen LogP contribution is 2.22. The predicted molar refractivity (Wildman–Crippen MR) is 99.3 cm³/mol. The van der Waals surface area contributed by atoms with Crippen LogP contribution in [0.2, 0.25) is 0 Å². The van der Waals surface area contributed by atoms with Gasteiger partial charge in [0.05, 0.1) is 0 Å². The van der Waals surface area contributed by atoms with Gasteiger partial charge in [-0.2, -0.15) is 0 Å². The molecular formula is C19H31ClN2O. The van der Waals surface area contributed by atoms with Crippen molar-refractivity contribution in [2.45, 2.75) is 70.9 Å². The number of rotatable bonds is 4. The fraction of sp³-hybridized carbons (Fsp3) is 0.632. The van der Waals surface area contributed by atoms with Crippen molar-refractivity contribution >= 4 is 18.3 Å². The number of hydrogen-bond acceptors (Lipinski definition) is 2. The number of hydrogen-bond donors (Lipinski definition) is 2. The molecule has 1 aliphatic heterocycles. The average Bonchev–Trinajstić information content (AvgIpc) is 2.45. The van der Waals surface area contributed by atoms with E-state index in [1.807, 2.05) is 0 Å². The molecule has 1 aliphatic rings. The van der Waals surface area contributed by atoms with Gasteiger partial charge in [-0.3, -0.25) is 4.79 Å². The lowest BCUT2D eigenvalue weighted by Gasteiger charge is -2.28. The molecule has 1 aromatic rings. The van der Waals surface area contributed by atoms with Gasteiger partial charge >= 0.3 is 0 Å². The normalized spacial score (nSPS) is 21.4. The molecule has 1 amide bonds. The summed E-state index contributed by atoms with van der Waals surface area (Å²) >= 11 is 0. The Balaban J connectivity index is 0.00000264. The van der Waals surface area contributed by atoms with E-state index >= 15 is 0 Å². The molecule has 2 atom stereocenters. The van der Waals surface area contributed by atoms with Crippen LogP contribution in [0.4, 0.5) is 0 Å². The quantitative estimate of drug-likeness (QED) is 0.880. The zero-order valence-electron chi connectivity index (χ0n) is 14.8. The molecule has 2 N–H and O–H groups in total. The topological polar surface area (TPSA) is 41.1 Å². The van der Waals surface area contributed by atoms with E-state index in [2.05, 4.69) is 62.6 Å². The molecule has 130 valence electrons. The van der Waals surface area contributed by atoms with E-state index in [9.17, 15) is 4.79 Å². The summed E-state index contributed by atoms with van der Waals surface area (Å²) < 4.78 is 0. The summed E-state index contributed by atoms with van der Waals surface area (Å²) in [6, 6.07) is 9.51. The molecule has 23 heavy (non-hydrogen) atoms. The fourth-order valence-electron chi connectivity index (χ4n) is 2.99. The van der Waals surface area contributed by atoms with Crippen molar-refractivity contribution in [2.24, 2.45) is 0 Å². The maximum absolute atomic E-state index is 12.1. The summed E-state index contributed by atoms with van der Waals surface area (Å²) in [6.45, 7) is 9.83. The Morgan fingerprint density at radius 2 is 1.91 bits per heavy atom. The molecule has 1 aromatic carbocycles. The van der Waals surface area contributed by atoms with Crippen molar-refractivity contribution in [3.63, 3.8) is 0 Å². The van der Waals surface area contributed by atoms with E-state index in [1.54, 1.807) is 0 Å². The summed E-state index contributed by atoms with van der Waals surface area (Å²) in [4.78, 5) is 12.1. The van der Waals surface area contributed by atoms with E-state index in [0.717, 1.165) is 25.8 Å². The Hall–Kier alpha value is -1.06. The first-order valence-electron chi connectivity index (χ1n) is 8.47. The predicted octanol–water partition coefficient (Wildman–Crippen LogP) is 3.60. The number of piperidine rings is 1. The molecule has 1 heterocycles. The van der Waals surface area contributed by atoms with E-state index in [0.29, 0.717) is 18.5 Å². The highest BCUT2D eigenvalue weighted by molar-refractivity contribution is 5.85. The molecule has 1 saturated heterocycles. The van der Waals surface area contributed by atoms with Gasteiger partial charge < -0.3 is 10.6 Å². The molecule has 0 aromatic heterocycles. The van der Waals surface area contributed by atoms with Crippen molar-refractivity contribution in [1.29, 1.82) is 0 Å². The number of aryl methyl sites for hydroxylation is 1. The largest absolute Gasteiger partial charge is 0.353 e. The number of halogens is 1. The maximum Gasteiger partial charge on any atom is 0.220 e. The summed E-state index contributed by atoms with van der Waals surface area (Å²) in [5.74, 6) is 0.180. The number of carbonyl (C=O) groups excluding carboxylic acids is 1. The van der Waals surface area contributed by atoms with Crippen molar-refractivity contribution < 1.29 is 4.79 Å². The fourth-order valence-corrected chi connectivity index (χ4v) is 2.99. The Labute approximate surface area is 147 Å². The summed E-state index contributed by atoms with van der Waals surface area (Å²) in [5.41, 5.74) is 2.76. The van der Waals surface area contributed by atoms with Gasteiger partial charge in [0.15, 0.2) is 0 Å². The van der Waals surface area contributed by atoms with Gasteiger partial charge in [0.25, 0.3) is 0 Å². The van der Waals surface area contributed by atoms with Gasteiger partial charge in [-0.15, -0.1) is 12.4 Å². The molecule has 3 nitrogen and oxygen atoms in total. The van der Waals surface area contributed by atoms with Crippen molar-refractivity contribution in [3.8, 4) is 0 Å². The first-order valence-corrected chi connectivity index (χ1v) is 8.47. The van der Waals surface area contributed by atoms with Crippen LogP contribution in [0, 0.1) is 0 Å². The van der Waals surface area contributed by atoms with E-state index in [-0.39, 0.29) is 23.7 Å². The van der Waals surface area contributed by atoms with Crippen LogP contribution < -0.4 is 10.6 Å². The second kappa shape index (κ2) is 8.70. The number of amides is 1. The van der Waals surface area contributed by atoms with Crippen LogP contribution in [0.15, 0.2) is 24.3 Å². The molecule has 0 bridgehead atoms. The molecule has 2 rings (SSSR count). The van der Waals surface area contributed by atoms with Gasteiger partial charge in [-0.05, 0) is 49.3 Å². The van der Waals surface area contributed by atoms with Crippen LogP contribution >= 0.6 is 12.4 Å². The first-order chi connectivity index (χ1) is 10.3. The smallest absolute Gasteiger partial charge is 0.220 e. The molecule has 2 unspecified atom stereocenters. The molecule has 1 fully saturated rings. The minimum absolute atomic E-state index is 0. The van der Waals surface area contributed by atoms with Gasteiger partial charge in [-0.1, -0.05) is 45.0 Å². The number of carbonyl (C=O) groups is 1. The highest BCUT2D eigenvalue weighted by atomic mass is 35.5. The van der Waals surface area contributed by atoms with Crippen LogP contribution in [0.25, 0.3) is 0 Å². The Bertz CT molecular complexity index is 493. The van der Waals surface area contributed by atoms with E-state index in [1.165, 1.54) is 11.1 Å². The summed E-state index contributed by atoms with van der Waals surface area (Å²) in [6.07, 6.45) is 3.46. The second-order valence-corrected chi connectivity index (χ2v) is 7.59. The number of nitrogens with one attached hydrogen (secondary N) is 2. The van der Waals surface area contributed by atoms with E-state index < -0.39 is 0 Å². The zero-order valence-corrected chi connectivity index (χ0v) is 15.6. The molecule has 0 aliphatic carbocycles. The van der Waals surface area contributed by atoms with Gasteiger partial charge in [0, 0.05) is 18.5 Å². The first kappa shape index (κ1) is 20.0. The third kappa shape index (κ3) is 6.52. The number of benzene rings is 1. The SMILES string of the molecule is CC1CC(NC(=O)CCc2ccc(C(C)(C)C)cc2)CCN1.Cl. The molecular weight excluding hydrogens is 308 g/mol. The van der Waals surface area contributed by atoms with Crippen molar-refractivity contribution in [2.75, 3.05) is 6.54 Å². The van der Waals surface area contributed by atoms with Crippen LogP contribution in [-0.4, -0.2) is 24.5 Å². The lowest BCUT2D eigenvalue weighted by Crippen LogP contribution is -2.46. The minimum Gasteiger partial charge on any atom is -0.353 e. The van der Waals surface area contributed by atoms with Gasteiger partial charge in [-0.25, -0.2) is 0 Å². The van der Waals surface area contributed by atoms with Crippen molar-refractivity contribution in [3.05, 3.63) is 35.4 Å². The third-order valence-electron chi connectivity index (χ3n) is 4.45. The minimum atomic E-state index is 0. The van der Waals surface area contributed by atoms with Crippen LogP contribution in [0.5, 0.6) is 0 Å². The Kier molecular flexibility index (Phi) is 7.56. The standard InChI is InChI=1S/C19H30N2O.ClH/c1-14-13-17(11-12-20-14)21-18(22)10-7-15-5-8-16(9-6-15)19(2,3)4;/h5-6,8-9,14,17,20H,7,10-13H2,1-4H3,(H,21,22);1H. The Morgan fingerprint density at radius 3 is 2.48 bits per heavy atom. The zero-order chi connectivity index (χ0) is 16.2.